The number of hydrogen-bond donors (Lipinski definition) is 1. The summed E-state index contributed by atoms with van der Waals surface area (Å²) in [6.45, 7) is 1.83. The van der Waals surface area contributed by atoms with Crippen LogP contribution in [0.4, 0.5) is 4.39 Å². The van der Waals surface area contributed by atoms with E-state index in [0.29, 0.717) is 12.0 Å². The smallest absolute Gasteiger partial charge is 0.129 e. The van der Waals surface area contributed by atoms with E-state index in [4.69, 9.17) is 0 Å². The van der Waals surface area contributed by atoms with Crippen molar-refractivity contribution in [1.29, 1.82) is 0 Å². The van der Waals surface area contributed by atoms with E-state index in [-0.39, 0.29) is 5.82 Å². The van der Waals surface area contributed by atoms with Crippen LogP contribution < -0.4 is 0 Å². The van der Waals surface area contributed by atoms with Crippen LogP contribution in [0.5, 0.6) is 0 Å². The Kier molecular flexibility index (Phi) is 4.15. The van der Waals surface area contributed by atoms with Crippen molar-refractivity contribution < 1.29 is 9.50 Å². The summed E-state index contributed by atoms with van der Waals surface area (Å²) in [6.07, 6.45) is -0.403. The largest absolute Gasteiger partial charge is 0.388 e. The Hall–Kier alpha value is -1.19. The average molecular weight is 309 g/mol. The van der Waals surface area contributed by atoms with E-state index in [1.165, 1.54) is 6.07 Å². The summed E-state index contributed by atoms with van der Waals surface area (Å²) < 4.78 is 14.7. The topological polar surface area (TPSA) is 20.2 Å². The van der Waals surface area contributed by atoms with Gasteiger partial charge in [-0.05, 0) is 36.2 Å². The Bertz CT molecular complexity index is 537. The molecule has 0 aliphatic rings. The summed E-state index contributed by atoms with van der Waals surface area (Å²) >= 11 is 3.35. The molecule has 0 amide bonds. The zero-order chi connectivity index (χ0) is 13.1. The van der Waals surface area contributed by atoms with Crippen LogP contribution in [0.25, 0.3) is 0 Å². The highest BCUT2D eigenvalue weighted by molar-refractivity contribution is 9.10. The molecule has 0 radical (unpaired) electrons. The standard InChI is InChI=1S/C15H14BrFO/c1-10-2-7-13(14(17)8-10)15(18)9-11-3-5-12(16)6-4-11/h2-8,15,18H,9H2,1H3. The number of aryl methyl sites for hydroxylation is 1. The normalized spacial score (nSPS) is 12.4. The van der Waals surface area contributed by atoms with Crippen LogP contribution in [0, 0.1) is 12.7 Å². The van der Waals surface area contributed by atoms with Gasteiger partial charge in [-0.1, -0.05) is 40.2 Å². The lowest BCUT2D eigenvalue weighted by molar-refractivity contribution is 0.173. The van der Waals surface area contributed by atoms with E-state index in [0.717, 1.165) is 15.6 Å². The van der Waals surface area contributed by atoms with E-state index >= 15 is 0 Å². The lowest BCUT2D eigenvalue weighted by Crippen LogP contribution is -2.04. The summed E-state index contributed by atoms with van der Waals surface area (Å²) in [5.74, 6) is -0.348. The molecule has 0 fully saturated rings. The van der Waals surface area contributed by atoms with Crippen LogP contribution in [0.15, 0.2) is 46.9 Å². The second-order valence-electron chi connectivity index (χ2n) is 4.37. The second-order valence-corrected chi connectivity index (χ2v) is 5.29. The molecule has 0 saturated heterocycles. The van der Waals surface area contributed by atoms with Gasteiger partial charge in [-0.2, -0.15) is 0 Å². The number of hydrogen-bond acceptors (Lipinski definition) is 1. The van der Waals surface area contributed by atoms with Gasteiger partial charge in [-0.25, -0.2) is 4.39 Å². The van der Waals surface area contributed by atoms with Crippen molar-refractivity contribution in [3.05, 3.63) is 69.4 Å². The predicted octanol–water partition coefficient (Wildman–Crippen LogP) is 4.17. The molecule has 0 saturated carbocycles. The third-order valence-electron chi connectivity index (χ3n) is 2.86. The Morgan fingerprint density at radius 2 is 1.83 bits per heavy atom. The highest BCUT2D eigenvalue weighted by Gasteiger charge is 2.13. The number of halogens is 2. The molecule has 1 atom stereocenters. The molecule has 94 valence electrons. The van der Waals surface area contributed by atoms with Crippen molar-refractivity contribution in [2.24, 2.45) is 0 Å². The first kappa shape index (κ1) is 13.2. The van der Waals surface area contributed by atoms with Gasteiger partial charge >= 0.3 is 0 Å². The number of benzene rings is 2. The molecule has 1 nitrogen and oxygen atoms in total. The zero-order valence-electron chi connectivity index (χ0n) is 10.0. The highest BCUT2D eigenvalue weighted by Crippen LogP contribution is 2.22. The lowest BCUT2D eigenvalue weighted by Gasteiger charge is -2.12. The molecule has 0 bridgehead atoms. The number of aliphatic hydroxyl groups is 1. The molecule has 0 aliphatic carbocycles. The fourth-order valence-electron chi connectivity index (χ4n) is 1.86. The van der Waals surface area contributed by atoms with Crippen molar-refractivity contribution >= 4 is 15.9 Å². The van der Waals surface area contributed by atoms with E-state index < -0.39 is 6.10 Å². The fourth-order valence-corrected chi connectivity index (χ4v) is 2.12. The maximum absolute atomic E-state index is 13.7. The predicted molar refractivity (Wildman–Crippen MR) is 73.9 cm³/mol. The summed E-state index contributed by atoms with van der Waals surface area (Å²) in [5.41, 5.74) is 2.18. The second kappa shape index (κ2) is 5.63. The van der Waals surface area contributed by atoms with Crippen LogP contribution in [0.2, 0.25) is 0 Å². The van der Waals surface area contributed by atoms with Gasteiger partial charge in [0.25, 0.3) is 0 Å². The average Bonchev–Trinajstić information content (AvgIpc) is 2.32. The van der Waals surface area contributed by atoms with Crippen LogP contribution in [0.3, 0.4) is 0 Å². The third kappa shape index (κ3) is 3.18. The molecule has 0 spiro atoms. The van der Waals surface area contributed by atoms with Gasteiger partial charge in [-0.15, -0.1) is 0 Å². The molecule has 0 heterocycles. The maximum atomic E-state index is 13.7. The molecular weight excluding hydrogens is 295 g/mol. The lowest BCUT2D eigenvalue weighted by atomic mass is 10.00. The first-order valence-corrected chi connectivity index (χ1v) is 6.54. The SMILES string of the molecule is Cc1ccc(C(O)Cc2ccc(Br)cc2)c(F)c1. The Morgan fingerprint density at radius 3 is 2.44 bits per heavy atom. The van der Waals surface area contributed by atoms with E-state index in [1.54, 1.807) is 6.07 Å². The summed E-state index contributed by atoms with van der Waals surface area (Å²) in [4.78, 5) is 0. The Balaban J connectivity index is 2.16. The van der Waals surface area contributed by atoms with Gasteiger partial charge in [0.2, 0.25) is 0 Å². The van der Waals surface area contributed by atoms with Crippen LogP contribution in [0.1, 0.15) is 22.8 Å². The van der Waals surface area contributed by atoms with Crippen molar-refractivity contribution in [2.75, 3.05) is 0 Å². The molecular formula is C15H14BrFO. The Labute approximate surface area is 114 Å². The third-order valence-corrected chi connectivity index (χ3v) is 3.39. The van der Waals surface area contributed by atoms with Crippen LogP contribution in [-0.4, -0.2) is 5.11 Å². The number of aliphatic hydroxyl groups excluding tert-OH is 1. The van der Waals surface area contributed by atoms with Crippen molar-refractivity contribution in [3.8, 4) is 0 Å². The van der Waals surface area contributed by atoms with Gasteiger partial charge in [0.1, 0.15) is 5.82 Å². The summed E-state index contributed by atoms with van der Waals surface area (Å²) in [5, 5.41) is 10.1. The van der Waals surface area contributed by atoms with Gasteiger partial charge < -0.3 is 5.11 Å². The minimum absolute atomic E-state index is 0.348. The van der Waals surface area contributed by atoms with Gasteiger partial charge in [0.15, 0.2) is 0 Å². The van der Waals surface area contributed by atoms with E-state index in [1.807, 2.05) is 37.3 Å². The van der Waals surface area contributed by atoms with Crippen molar-refractivity contribution in [2.45, 2.75) is 19.4 Å². The minimum Gasteiger partial charge on any atom is -0.388 e. The summed E-state index contributed by atoms with van der Waals surface area (Å²) in [7, 11) is 0. The van der Waals surface area contributed by atoms with Gasteiger partial charge in [0.05, 0.1) is 6.10 Å². The summed E-state index contributed by atoms with van der Waals surface area (Å²) in [6, 6.07) is 12.6. The molecule has 2 rings (SSSR count). The monoisotopic (exact) mass is 308 g/mol. The first-order valence-electron chi connectivity index (χ1n) is 5.75. The van der Waals surface area contributed by atoms with E-state index in [9.17, 15) is 9.50 Å². The van der Waals surface area contributed by atoms with Crippen molar-refractivity contribution in [3.63, 3.8) is 0 Å². The molecule has 3 heteroatoms. The van der Waals surface area contributed by atoms with Crippen molar-refractivity contribution in [1.82, 2.24) is 0 Å². The molecule has 2 aromatic carbocycles. The quantitative estimate of drug-likeness (QED) is 0.902. The fraction of sp³-hybridized carbons (Fsp3) is 0.200. The first-order chi connectivity index (χ1) is 8.56. The van der Waals surface area contributed by atoms with Crippen LogP contribution in [-0.2, 0) is 6.42 Å². The number of rotatable bonds is 3. The van der Waals surface area contributed by atoms with Crippen LogP contribution >= 0.6 is 15.9 Å². The Morgan fingerprint density at radius 1 is 1.17 bits per heavy atom. The molecule has 1 unspecified atom stereocenters. The molecule has 2 aromatic rings. The molecule has 18 heavy (non-hydrogen) atoms. The minimum atomic E-state index is -0.813. The molecule has 0 aliphatic heterocycles. The van der Waals surface area contributed by atoms with Gasteiger partial charge in [-0.3, -0.25) is 0 Å². The maximum Gasteiger partial charge on any atom is 0.129 e. The molecule has 1 N–H and O–H groups in total. The van der Waals surface area contributed by atoms with E-state index in [2.05, 4.69) is 15.9 Å². The molecule has 0 aromatic heterocycles. The zero-order valence-corrected chi connectivity index (χ0v) is 11.6. The van der Waals surface area contributed by atoms with Gasteiger partial charge in [0, 0.05) is 16.5 Å². The highest BCUT2D eigenvalue weighted by atomic mass is 79.9.